The molecule has 0 unspecified atom stereocenters. The second-order valence-electron chi connectivity index (χ2n) is 7.46. The van der Waals surface area contributed by atoms with Crippen molar-refractivity contribution in [3.63, 3.8) is 0 Å². The van der Waals surface area contributed by atoms with Crippen molar-refractivity contribution in [2.75, 3.05) is 37.6 Å². The fourth-order valence-corrected chi connectivity index (χ4v) is 4.46. The lowest BCUT2D eigenvalue weighted by atomic mass is 10.3. The Morgan fingerprint density at radius 3 is 2.60 bits per heavy atom. The number of hydrogen-bond donors (Lipinski definition) is 1. The minimum Gasteiger partial charge on any atom is -0.360 e. The molecule has 0 atom stereocenters. The number of nitrogens with one attached hydrogen (secondary N) is 1. The van der Waals surface area contributed by atoms with E-state index in [1.165, 1.54) is 5.00 Å². The fourth-order valence-electron chi connectivity index (χ4n) is 3.68. The summed E-state index contributed by atoms with van der Waals surface area (Å²) in [5.41, 5.74) is 3.17. The third-order valence-corrected chi connectivity index (χ3v) is 6.11. The summed E-state index contributed by atoms with van der Waals surface area (Å²) in [4.78, 5) is 14.3. The predicted octanol–water partition coefficient (Wildman–Crippen LogP) is 3.23. The van der Waals surface area contributed by atoms with E-state index in [9.17, 15) is 0 Å². The first-order valence-corrected chi connectivity index (χ1v) is 11.3. The Morgan fingerprint density at radius 1 is 1.17 bits per heavy atom. The molecule has 1 saturated heterocycles. The maximum atomic E-state index is 4.87. The van der Waals surface area contributed by atoms with Gasteiger partial charge in [-0.1, -0.05) is 6.07 Å². The molecule has 1 N–H and O–H groups in total. The molecule has 7 nitrogen and oxygen atoms in total. The van der Waals surface area contributed by atoms with Crippen LogP contribution in [-0.2, 0) is 6.54 Å². The van der Waals surface area contributed by atoms with Crippen LogP contribution in [0.3, 0.4) is 0 Å². The molecule has 4 heterocycles. The van der Waals surface area contributed by atoms with Gasteiger partial charge in [0.05, 0.1) is 17.2 Å². The summed E-state index contributed by atoms with van der Waals surface area (Å²) < 4.78 is 1.87. The van der Waals surface area contributed by atoms with Crippen LogP contribution in [0.15, 0.2) is 46.9 Å². The lowest BCUT2D eigenvalue weighted by Crippen LogP contribution is -2.52. The molecule has 0 aromatic carbocycles. The van der Waals surface area contributed by atoms with Crippen molar-refractivity contribution in [2.24, 2.45) is 4.99 Å². The summed E-state index contributed by atoms with van der Waals surface area (Å²) in [6.07, 6.45) is 1.90. The third kappa shape index (κ3) is 4.64. The smallest absolute Gasteiger partial charge is 0.194 e. The second kappa shape index (κ2) is 9.30. The number of aliphatic imine (C=N–C) groups is 1. The van der Waals surface area contributed by atoms with Crippen LogP contribution >= 0.6 is 11.3 Å². The van der Waals surface area contributed by atoms with Gasteiger partial charge in [0.2, 0.25) is 0 Å². The minimum atomic E-state index is 0.609. The molecule has 0 radical (unpaired) electrons. The zero-order valence-corrected chi connectivity index (χ0v) is 18.7. The average molecular weight is 424 g/mol. The molecule has 1 aliphatic rings. The molecule has 0 amide bonds. The Balaban J connectivity index is 1.40. The van der Waals surface area contributed by atoms with E-state index in [0.717, 1.165) is 61.5 Å². The summed E-state index contributed by atoms with van der Waals surface area (Å²) in [5, 5.41) is 11.4. The van der Waals surface area contributed by atoms with Crippen LogP contribution in [0.2, 0.25) is 0 Å². The molecule has 1 fully saturated rings. The van der Waals surface area contributed by atoms with E-state index >= 15 is 0 Å². The number of anilines is 1. The normalized spacial score (nSPS) is 15.0. The predicted molar refractivity (Wildman–Crippen MR) is 124 cm³/mol. The highest BCUT2D eigenvalue weighted by atomic mass is 32.1. The number of nitrogens with zero attached hydrogens (tertiary/aromatic N) is 6. The largest absolute Gasteiger partial charge is 0.360 e. The molecule has 4 rings (SSSR count). The van der Waals surface area contributed by atoms with Crippen LogP contribution in [0.25, 0.3) is 5.82 Å². The van der Waals surface area contributed by atoms with Crippen molar-refractivity contribution < 1.29 is 0 Å². The molecule has 158 valence electrons. The van der Waals surface area contributed by atoms with Crippen LogP contribution in [0, 0.1) is 13.8 Å². The Kier molecular flexibility index (Phi) is 6.32. The van der Waals surface area contributed by atoms with Crippen molar-refractivity contribution in [1.29, 1.82) is 0 Å². The Bertz CT molecular complexity index is 968. The first-order chi connectivity index (χ1) is 14.6. The van der Waals surface area contributed by atoms with Crippen LogP contribution in [0.4, 0.5) is 5.00 Å². The van der Waals surface area contributed by atoms with E-state index in [1.807, 2.05) is 30.8 Å². The van der Waals surface area contributed by atoms with Crippen LogP contribution < -0.4 is 10.2 Å². The maximum absolute atomic E-state index is 4.87. The molecule has 0 aliphatic carbocycles. The molecular weight excluding hydrogens is 394 g/mol. The van der Waals surface area contributed by atoms with Gasteiger partial charge in [0.1, 0.15) is 0 Å². The zero-order valence-electron chi connectivity index (χ0n) is 17.9. The fraction of sp³-hybridized carbons (Fsp3) is 0.409. The first-order valence-electron chi connectivity index (χ1n) is 10.4. The molecule has 1 aliphatic heterocycles. The van der Waals surface area contributed by atoms with Gasteiger partial charge in [-0.2, -0.15) is 5.10 Å². The Morgan fingerprint density at radius 2 is 2.00 bits per heavy atom. The van der Waals surface area contributed by atoms with Gasteiger partial charge in [-0.15, -0.1) is 11.3 Å². The molecule has 30 heavy (non-hydrogen) atoms. The summed E-state index contributed by atoms with van der Waals surface area (Å²) in [5.74, 6) is 1.82. The SMILES string of the molecule is CCNC(=NCc1ccc(-n2nc(C)cc2C)nc1)N1CCN(c2cccs2)CC1. The number of aryl methyl sites for hydroxylation is 2. The standard InChI is InChI=1S/C22H29N7S/c1-4-23-22(28-11-9-27(10-12-28)21-6-5-13-30-21)25-16-19-7-8-20(24-15-19)29-18(3)14-17(2)26-29/h5-8,13-15H,4,9-12,16H2,1-3H3,(H,23,25). The van der Waals surface area contributed by atoms with Gasteiger partial charge in [0, 0.05) is 44.6 Å². The number of rotatable bonds is 5. The van der Waals surface area contributed by atoms with Crippen molar-refractivity contribution in [3.05, 3.63) is 58.9 Å². The Labute approximate surface area is 182 Å². The van der Waals surface area contributed by atoms with E-state index < -0.39 is 0 Å². The van der Waals surface area contributed by atoms with E-state index in [1.54, 1.807) is 11.3 Å². The maximum Gasteiger partial charge on any atom is 0.194 e. The van der Waals surface area contributed by atoms with Crippen molar-refractivity contribution in [3.8, 4) is 5.82 Å². The molecule has 8 heteroatoms. The lowest BCUT2D eigenvalue weighted by Gasteiger charge is -2.37. The number of aromatic nitrogens is 3. The first kappa shape index (κ1) is 20.4. The van der Waals surface area contributed by atoms with Gasteiger partial charge >= 0.3 is 0 Å². The molecule has 0 bridgehead atoms. The molecular formula is C22H29N7S. The van der Waals surface area contributed by atoms with Crippen molar-refractivity contribution >= 4 is 22.3 Å². The van der Waals surface area contributed by atoms with Gasteiger partial charge in [-0.25, -0.2) is 14.7 Å². The number of thiophene rings is 1. The summed E-state index contributed by atoms with van der Waals surface area (Å²) in [7, 11) is 0. The van der Waals surface area contributed by atoms with Crippen LogP contribution in [-0.4, -0.2) is 58.3 Å². The average Bonchev–Trinajstić information content (AvgIpc) is 3.41. The monoisotopic (exact) mass is 423 g/mol. The number of guanidine groups is 1. The van der Waals surface area contributed by atoms with Gasteiger partial charge < -0.3 is 15.1 Å². The summed E-state index contributed by atoms with van der Waals surface area (Å²) in [6, 6.07) is 10.5. The van der Waals surface area contributed by atoms with Crippen molar-refractivity contribution in [1.82, 2.24) is 25.0 Å². The Hall–Kier alpha value is -2.87. The van der Waals surface area contributed by atoms with Crippen LogP contribution in [0.5, 0.6) is 0 Å². The van der Waals surface area contributed by atoms with Gasteiger partial charge in [0.25, 0.3) is 0 Å². The lowest BCUT2D eigenvalue weighted by molar-refractivity contribution is 0.373. The number of hydrogen-bond acceptors (Lipinski definition) is 5. The second-order valence-corrected chi connectivity index (χ2v) is 8.39. The summed E-state index contributed by atoms with van der Waals surface area (Å²) in [6.45, 7) is 11.6. The van der Waals surface area contributed by atoms with Gasteiger partial charge in [0.15, 0.2) is 11.8 Å². The minimum absolute atomic E-state index is 0.609. The molecule has 3 aromatic rings. The van der Waals surface area contributed by atoms with Gasteiger partial charge in [-0.3, -0.25) is 0 Å². The van der Waals surface area contributed by atoms with Crippen LogP contribution in [0.1, 0.15) is 23.9 Å². The number of pyridine rings is 1. The molecule has 0 spiro atoms. The third-order valence-electron chi connectivity index (χ3n) is 5.18. The molecule has 3 aromatic heterocycles. The van der Waals surface area contributed by atoms with Gasteiger partial charge in [-0.05, 0) is 56.0 Å². The zero-order chi connectivity index (χ0) is 20.9. The highest BCUT2D eigenvalue weighted by Crippen LogP contribution is 2.22. The van der Waals surface area contributed by atoms with E-state index in [0.29, 0.717) is 6.54 Å². The topological polar surface area (TPSA) is 61.6 Å². The van der Waals surface area contributed by atoms with E-state index in [2.05, 4.69) is 61.8 Å². The quantitative estimate of drug-likeness (QED) is 0.504. The molecule has 0 saturated carbocycles. The van der Waals surface area contributed by atoms with Crippen molar-refractivity contribution in [2.45, 2.75) is 27.3 Å². The highest BCUT2D eigenvalue weighted by molar-refractivity contribution is 7.14. The summed E-state index contributed by atoms with van der Waals surface area (Å²) >= 11 is 1.81. The van der Waals surface area contributed by atoms with E-state index in [-0.39, 0.29) is 0 Å². The number of piperazine rings is 1. The van der Waals surface area contributed by atoms with E-state index in [4.69, 9.17) is 4.99 Å². The highest BCUT2D eigenvalue weighted by Gasteiger charge is 2.20.